The lowest BCUT2D eigenvalue weighted by Gasteiger charge is -2.12. The number of Topliss-reactive ketones (excluding diaryl/α,β-unsaturated/α-hetero) is 1. The second-order valence-electron chi connectivity index (χ2n) is 2.43. The Hall–Kier alpha value is -1.40. The summed E-state index contributed by atoms with van der Waals surface area (Å²) in [4.78, 5) is 22.8. The van der Waals surface area contributed by atoms with Crippen molar-refractivity contribution in [1.29, 1.82) is 0 Å². The molecule has 0 amide bonds. The quantitative estimate of drug-likeness (QED) is 0.154. The first-order valence-electron chi connectivity index (χ1n) is 4.03. The summed E-state index contributed by atoms with van der Waals surface area (Å²) in [7, 11) is 5.04. The molecule has 0 bridgehead atoms. The van der Waals surface area contributed by atoms with Crippen LogP contribution in [-0.4, -0.2) is 46.5 Å². The Kier molecular flexibility index (Phi) is 6.32. The summed E-state index contributed by atoms with van der Waals surface area (Å²) in [5.41, 5.74) is -0.270. The minimum absolute atomic E-state index is 0.270. The zero-order chi connectivity index (χ0) is 11.8. The van der Waals surface area contributed by atoms with Gasteiger partial charge < -0.3 is 18.9 Å². The molecule has 0 saturated heterocycles. The molecule has 0 N–H and O–H groups in total. The molecular weight excluding hydrogens is 204 g/mol. The first-order chi connectivity index (χ1) is 7.12. The van der Waals surface area contributed by atoms with Crippen molar-refractivity contribution in [1.82, 2.24) is 0 Å². The number of ketones is 1. The molecule has 0 aliphatic heterocycles. The van der Waals surface area contributed by atoms with Crippen LogP contribution in [0.4, 0.5) is 0 Å². The molecule has 86 valence electrons. The summed E-state index contributed by atoms with van der Waals surface area (Å²) in [6.45, 7) is 0. The van der Waals surface area contributed by atoms with Crippen molar-refractivity contribution in [3.8, 4) is 0 Å². The number of carbonyl (C=O) groups excluding carboxylic acids is 2. The Morgan fingerprint density at radius 2 is 1.60 bits per heavy atom. The maximum atomic E-state index is 11.6. The topological polar surface area (TPSA) is 71.1 Å². The smallest absolute Gasteiger partial charge is 0.344 e. The van der Waals surface area contributed by atoms with E-state index in [0.717, 1.165) is 13.4 Å². The lowest BCUT2D eigenvalue weighted by Crippen LogP contribution is -2.30. The third-order valence-electron chi connectivity index (χ3n) is 1.55. The van der Waals surface area contributed by atoms with Crippen LogP contribution in [0.5, 0.6) is 0 Å². The van der Waals surface area contributed by atoms with E-state index in [1.807, 2.05) is 0 Å². The fourth-order valence-corrected chi connectivity index (χ4v) is 0.872. The Balaban J connectivity index is 4.85. The molecule has 6 nitrogen and oxygen atoms in total. The zero-order valence-corrected chi connectivity index (χ0v) is 9.10. The highest BCUT2D eigenvalue weighted by molar-refractivity contribution is 6.18. The van der Waals surface area contributed by atoms with Crippen molar-refractivity contribution in [2.75, 3.05) is 28.4 Å². The SMILES string of the molecule is CO/C=C(\C(=O)OC)C(=O)C(OC)OC. The molecule has 15 heavy (non-hydrogen) atoms. The Morgan fingerprint density at radius 1 is 1.07 bits per heavy atom. The highest BCUT2D eigenvalue weighted by Crippen LogP contribution is 2.06. The lowest BCUT2D eigenvalue weighted by molar-refractivity contribution is -0.155. The van der Waals surface area contributed by atoms with E-state index in [1.54, 1.807) is 0 Å². The van der Waals surface area contributed by atoms with Crippen LogP contribution >= 0.6 is 0 Å². The highest BCUT2D eigenvalue weighted by atomic mass is 16.7. The van der Waals surface area contributed by atoms with Gasteiger partial charge in [0.2, 0.25) is 12.1 Å². The normalized spacial score (nSPS) is 11.4. The van der Waals surface area contributed by atoms with Crippen LogP contribution in [0.2, 0.25) is 0 Å². The minimum atomic E-state index is -1.15. The molecule has 0 aromatic rings. The highest BCUT2D eigenvalue weighted by Gasteiger charge is 2.27. The second kappa shape index (κ2) is 6.97. The van der Waals surface area contributed by atoms with Gasteiger partial charge >= 0.3 is 5.97 Å². The van der Waals surface area contributed by atoms with Gasteiger partial charge in [-0.3, -0.25) is 4.79 Å². The number of ether oxygens (including phenoxy) is 4. The molecule has 0 aromatic carbocycles. The molecule has 0 spiro atoms. The van der Waals surface area contributed by atoms with E-state index < -0.39 is 18.0 Å². The number of esters is 1. The maximum Gasteiger partial charge on any atom is 0.344 e. The van der Waals surface area contributed by atoms with Gasteiger partial charge in [0.05, 0.1) is 14.2 Å². The number of hydrogen-bond donors (Lipinski definition) is 0. The van der Waals surface area contributed by atoms with E-state index in [9.17, 15) is 9.59 Å². The maximum absolute atomic E-state index is 11.6. The van der Waals surface area contributed by atoms with Crippen molar-refractivity contribution >= 4 is 11.8 Å². The van der Waals surface area contributed by atoms with Crippen molar-refractivity contribution < 1.29 is 28.5 Å². The molecule has 0 heterocycles. The van der Waals surface area contributed by atoms with Crippen LogP contribution in [0, 0.1) is 0 Å². The first-order valence-corrected chi connectivity index (χ1v) is 4.03. The number of methoxy groups -OCH3 is 4. The van der Waals surface area contributed by atoms with Gasteiger partial charge in [0.15, 0.2) is 0 Å². The van der Waals surface area contributed by atoms with Crippen molar-refractivity contribution in [3.63, 3.8) is 0 Å². The van der Waals surface area contributed by atoms with Crippen molar-refractivity contribution in [2.45, 2.75) is 6.29 Å². The average molecular weight is 218 g/mol. The summed E-state index contributed by atoms with van der Waals surface area (Å²) in [5, 5.41) is 0. The van der Waals surface area contributed by atoms with E-state index in [-0.39, 0.29) is 5.57 Å². The van der Waals surface area contributed by atoms with Gasteiger partial charge in [-0.05, 0) is 0 Å². The number of hydrogen-bond acceptors (Lipinski definition) is 6. The molecule has 6 heteroatoms. The predicted octanol–water partition coefficient (Wildman–Crippen LogP) is -0.122. The van der Waals surface area contributed by atoms with Crippen LogP contribution in [0.15, 0.2) is 11.8 Å². The van der Waals surface area contributed by atoms with Gasteiger partial charge in [-0.2, -0.15) is 0 Å². The van der Waals surface area contributed by atoms with Gasteiger partial charge in [-0.1, -0.05) is 0 Å². The summed E-state index contributed by atoms with van der Waals surface area (Å²) in [6.07, 6.45) is -0.162. The van der Waals surface area contributed by atoms with Gasteiger partial charge in [0, 0.05) is 14.2 Å². The predicted molar refractivity (Wildman–Crippen MR) is 49.9 cm³/mol. The average Bonchev–Trinajstić information content (AvgIpc) is 2.26. The molecular formula is C9H14O6. The summed E-state index contributed by atoms with van der Waals surface area (Å²) >= 11 is 0. The standard InChI is InChI=1S/C9H14O6/c1-12-5-6(8(11)13-2)7(10)9(14-3)15-4/h5,9H,1-4H3/b6-5-. The van der Waals surface area contributed by atoms with Gasteiger partial charge in [0.1, 0.15) is 11.8 Å². The Labute approximate surface area is 87.7 Å². The first kappa shape index (κ1) is 13.6. The fraction of sp³-hybridized carbons (Fsp3) is 0.556. The van der Waals surface area contributed by atoms with E-state index >= 15 is 0 Å². The van der Waals surface area contributed by atoms with Crippen molar-refractivity contribution in [2.24, 2.45) is 0 Å². The molecule has 0 aromatic heterocycles. The lowest BCUT2D eigenvalue weighted by atomic mass is 10.2. The van der Waals surface area contributed by atoms with Gasteiger partial charge in [0.25, 0.3) is 0 Å². The monoisotopic (exact) mass is 218 g/mol. The third kappa shape index (κ3) is 3.69. The summed E-state index contributed by atoms with van der Waals surface area (Å²) in [6, 6.07) is 0. The summed E-state index contributed by atoms with van der Waals surface area (Å²) < 4.78 is 18.4. The minimum Gasteiger partial charge on any atom is -0.503 e. The van der Waals surface area contributed by atoms with Gasteiger partial charge in [-0.25, -0.2) is 4.79 Å². The van der Waals surface area contributed by atoms with Crippen LogP contribution < -0.4 is 0 Å². The molecule has 0 rings (SSSR count). The summed E-state index contributed by atoms with van der Waals surface area (Å²) in [5.74, 6) is -1.46. The molecule has 0 aliphatic carbocycles. The molecule has 0 fully saturated rings. The molecule has 0 unspecified atom stereocenters. The third-order valence-corrected chi connectivity index (χ3v) is 1.55. The van der Waals surface area contributed by atoms with E-state index in [4.69, 9.17) is 9.47 Å². The second-order valence-corrected chi connectivity index (χ2v) is 2.43. The Bertz CT molecular complexity index is 253. The van der Waals surface area contributed by atoms with Crippen LogP contribution in [0.1, 0.15) is 0 Å². The van der Waals surface area contributed by atoms with E-state index in [2.05, 4.69) is 9.47 Å². The molecule has 0 aliphatic rings. The molecule has 0 saturated carbocycles. The molecule has 0 atom stereocenters. The largest absolute Gasteiger partial charge is 0.503 e. The number of carbonyl (C=O) groups is 2. The van der Waals surface area contributed by atoms with E-state index in [0.29, 0.717) is 0 Å². The van der Waals surface area contributed by atoms with Gasteiger partial charge in [-0.15, -0.1) is 0 Å². The zero-order valence-electron chi connectivity index (χ0n) is 9.10. The van der Waals surface area contributed by atoms with Crippen LogP contribution in [0.25, 0.3) is 0 Å². The van der Waals surface area contributed by atoms with Crippen LogP contribution in [-0.2, 0) is 28.5 Å². The Morgan fingerprint density at radius 3 is 1.93 bits per heavy atom. The van der Waals surface area contributed by atoms with Crippen molar-refractivity contribution in [3.05, 3.63) is 11.8 Å². The molecule has 0 radical (unpaired) electrons. The van der Waals surface area contributed by atoms with E-state index in [1.165, 1.54) is 21.3 Å². The van der Waals surface area contributed by atoms with Crippen LogP contribution in [0.3, 0.4) is 0 Å². The fourth-order valence-electron chi connectivity index (χ4n) is 0.872. The number of rotatable bonds is 6.